The maximum atomic E-state index is 4.68. The lowest BCUT2D eigenvalue weighted by atomic mass is 9.83. The van der Waals surface area contributed by atoms with E-state index in [0.29, 0.717) is 11.8 Å². The van der Waals surface area contributed by atoms with Gasteiger partial charge >= 0.3 is 0 Å². The Bertz CT molecular complexity index is 694. The van der Waals surface area contributed by atoms with Crippen LogP contribution in [0.3, 0.4) is 0 Å². The van der Waals surface area contributed by atoms with Crippen molar-refractivity contribution >= 4 is 11.8 Å². The molecule has 5 heteroatoms. The maximum absolute atomic E-state index is 4.68. The van der Waals surface area contributed by atoms with E-state index in [1.165, 1.54) is 11.3 Å². The second kappa shape index (κ2) is 7.60. The summed E-state index contributed by atoms with van der Waals surface area (Å²) in [6.45, 7) is 13.2. The first-order valence-electron chi connectivity index (χ1n) is 8.57. The Morgan fingerprint density at radius 2 is 2.04 bits per heavy atom. The number of imidazole rings is 2. The van der Waals surface area contributed by atoms with Gasteiger partial charge in [0.2, 0.25) is 0 Å². The molecule has 1 unspecified atom stereocenters. The van der Waals surface area contributed by atoms with Gasteiger partial charge in [0.1, 0.15) is 16.7 Å². The van der Waals surface area contributed by atoms with Crippen molar-refractivity contribution in [2.75, 3.05) is 6.26 Å². The Labute approximate surface area is 150 Å². The standard InChI is InChI=1S/C19H30N4S/c1-12(2)17-20-10-15(22-17)13(3)8-9-14(4)19(5,6)18-21-11-16(23-18)24-7/h9-13H,8H2,1-7H3,(H,20,22)(H,21,23)/b14-9+. The van der Waals surface area contributed by atoms with Crippen molar-refractivity contribution in [1.82, 2.24) is 19.9 Å². The molecule has 2 heterocycles. The van der Waals surface area contributed by atoms with Crippen LogP contribution in [0.4, 0.5) is 0 Å². The molecule has 0 amide bonds. The first kappa shape index (κ1) is 18.8. The Hall–Kier alpha value is -1.49. The van der Waals surface area contributed by atoms with Crippen LogP contribution in [-0.4, -0.2) is 26.2 Å². The predicted octanol–water partition coefficient (Wildman–Crippen LogP) is 5.40. The van der Waals surface area contributed by atoms with Gasteiger partial charge in [-0.1, -0.05) is 32.4 Å². The zero-order chi connectivity index (χ0) is 17.9. The van der Waals surface area contributed by atoms with Crippen molar-refractivity contribution in [3.63, 3.8) is 0 Å². The minimum atomic E-state index is -0.0925. The molecular weight excluding hydrogens is 316 g/mol. The fourth-order valence-electron chi connectivity index (χ4n) is 2.55. The Kier molecular flexibility index (Phi) is 5.97. The summed E-state index contributed by atoms with van der Waals surface area (Å²) in [5.74, 6) is 2.95. The number of H-pyrrole nitrogens is 2. The molecule has 2 N–H and O–H groups in total. The molecule has 2 aromatic heterocycles. The Morgan fingerprint density at radius 3 is 2.58 bits per heavy atom. The van der Waals surface area contributed by atoms with Crippen LogP contribution in [0.25, 0.3) is 0 Å². The normalized spacial score (nSPS) is 14.4. The van der Waals surface area contributed by atoms with Gasteiger partial charge in [0.25, 0.3) is 0 Å². The van der Waals surface area contributed by atoms with Gasteiger partial charge in [-0.2, -0.15) is 0 Å². The zero-order valence-corrected chi connectivity index (χ0v) is 16.7. The van der Waals surface area contributed by atoms with Gasteiger partial charge in [0, 0.05) is 35.3 Å². The molecule has 0 aromatic carbocycles. The van der Waals surface area contributed by atoms with Crippen molar-refractivity contribution in [3.8, 4) is 0 Å². The van der Waals surface area contributed by atoms with Gasteiger partial charge in [-0.15, -0.1) is 11.8 Å². The van der Waals surface area contributed by atoms with E-state index in [1.54, 1.807) is 11.8 Å². The molecule has 2 aromatic rings. The largest absolute Gasteiger partial charge is 0.347 e. The van der Waals surface area contributed by atoms with Crippen LogP contribution >= 0.6 is 11.8 Å². The fourth-order valence-corrected chi connectivity index (χ4v) is 2.91. The third kappa shape index (κ3) is 4.12. The monoisotopic (exact) mass is 346 g/mol. The van der Waals surface area contributed by atoms with E-state index in [2.05, 4.69) is 67.6 Å². The lowest BCUT2D eigenvalue weighted by molar-refractivity contribution is 0.575. The van der Waals surface area contributed by atoms with E-state index in [1.807, 2.05) is 18.6 Å². The van der Waals surface area contributed by atoms with Crippen molar-refractivity contribution in [1.29, 1.82) is 0 Å². The lowest BCUT2D eigenvalue weighted by Gasteiger charge is -2.24. The average molecular weight is 347 g/mol. The molecular formula is C19H30N4S. The summed E-state index contributed by atoms with van der Waals surface area (Å²) in [6, 6.07) is 0. The SMILES string of the molecule is CSc1c[nH]c(C(C)(C)/C(C)=C/CC(C)c2cnc(C(C)C)[nH]2)n1. The number of rotatable bonds is 7. The fraction of sp³-hybridized carbons (Fsp3) is 0.579. The molecule has 132 valence electrons. The molecule has 0 spiro atoms. The molecule has 0 fully saturated rings. The molecule has 4 nitrogen and oxygen atoms in total. The first-order valence-corrected chi connectivity index (χ1v) is 9.80. The van der Waals surface area contributed by atoms with Crippen LogP contribution in [0.15, 0.2) is 29.1 Å². The number of nitrogens with zero attached hydrogens (tertiary/aromatic N) is 2. The van der Waals surface area contributed by atoms with Gasteiger partial charge in [0.15, 0.2) is 0 Å². The minimum absolute atomic E-state index is 0.0925. The van der Waals surface area contributed by atoms with Crippen molar-refractivity contribution < 1.29 is 0 Å². The van der Waals surface area contributed by atoms with Gasteiger partial charge in [0.05, 0.1) is 0 Å². The van der Waals surface area contributed by atoms with Crippen LogP contribution in [0, 0.1) is 0 Å². The Balaban J connectivity index is 2.08. The highest BCUT2D eigenvalue weighted by atomic mass is 32.2. The summed E-state index contributed by atoms with van der Waals surface area (Å²) in [5, 5.41) is 1.04. The maximum Gasteiger partial charge on any atom is 0.117 e. The van der Waals surface area contributed by atoms with Crippen molar-refractivity contribution in [2.45, 2.75) is 70.2 Å². The highest BCUT2D eigenvalue weighted by Gasteiger charge is 2.26. The van der Waals surface area contributed by atoms with E-state index in [0.717, 1.165) is 23.1 Å². The number of thioether (sulfide) groups is 1. The number of aromatic nitrogens is 4. The van der Waals surface area contributed by atoms with Crippen LogP contribution in [0.1, 0.15) is 77.1 Å². The summed E-state index contributed by atoms with van der Waals surface area (Å²) in [5.41, 5.74) is 2.45. The smallest absolute Gasteiger partial charge is 0.117 e. The average Bonchev–Trinajstić information content (AvgIpc) is 3.20. The molecule has 24 heavy (non-hydrogen) atoms. The molecule has 0 saturated carbocycles. The zero-order valence-electron chi connectivity index (χ0n) is 15.9. The minimum Gasteiger partial charge on any atom is -0.347 e. The molecule has 0 radical (unpaired) electrons. The lowest BCUT2D eigenvalue weighted by Crippen LogP contribution is -2.20. The van der Waals surface area contributed by atoms with Crippen LogP contribution in [-0.2, 0) is 5.41 Å². The molecule has 1 atom stereocenters. The van der Waals surface area contributed by atoms with Gasteiger partial charge in [-0.05, 0) is 33.4 Å². The number of hydrogen-bond acceptors (Lipinski definition) is 3. The quantitative estimate of drug-likeness (QED) is 0.521. The number of aromatic amines is 2. The predicted molar refractivity (Wildman–Crippen MR) is 103 cm³/mol. The molecule has 0 bridgehead atoms. The van der Waals surface area contributed by atoms with Gasteiger partial charge in [-0.3, -0.25) is 0 Å². The van der Waals surface area contributed by atoms with Gasteiger partial charge in [-0.25, -0.2) is 9.97 Å². The van der Waals surface area contributed by atoms with E-state index in [-0.39, 0.29) is 5.41 Å². The molecule has 0 aliphatic heterocycles. The van der Waals surface area contributed by atoms with E-state index < -0.39 is 0 Å². The molecule has 0 aliphatic carbocycles. The highest BCUT2D eigenvalue weighted by molar-refractivity contribution is 7.98. The number of allylic oxidation sites excluding steroid dienone is 2. The summed E-state index contributed by atoms with van der Waals surface area (Å²) in [6.07, 6.45) is 9.33. The molecule has 2 rings (SSSR count). The Morgan fingerprint density at radius 1 is 1.33 bits per heavy atom. The van der Waals surface area contributed by atoms with Crippen molar-refractivity contribution in [3.05, 3.63) is 41.4 Å². The summed E-state index contributed by atoms with van der Waals surface area (Å²) in [4.78, 5) is 15.9. The van der Waals surface area contributed by atoms with E-state index >= 15 is 0 Å². The summed E-state index contributed by atoms with van der Waals surface area (Å²) >= 11 is 1.66. The topological polar surface area (TPSA) is 57.4 Å². The van der Waals surface area contributed by atoms with Crippen molar-refractivity contribution in [2.24, 2.45) is 0 Å². The number of hydrogen-bond donors (Lipinski definition) is 2. The van der Waals surface area contributed by atoms with Gasteiger partial charge < -0.3 is 9.97 Å². The molecule has 0 aliphatic rings. The van der Waals surface area contributed by atoms with Crippen LogP contribution in [0.5, 0.6) is 0 Å². The second-order valence-electron chi connectivity index (χ2n) is 7.32. The highest BCUT2D eigenvalue weighted by Crippen LogP contribution is 2.31. The summed E-state index contributed by atoms with van der Waals surface area (Å²) < 4.78 is 0. The number of nitrogens with one attached hydrogen (secondary N) is 2. The molecule has 0 saturated heterocycles. The first-order chi connectivity index (χ1) is 11.3. The third-order valence-electron chi connectivity index (χ3n) is 4.81. The van der Waals surface area contributed by atoms with Crippen LogP contribution < -0.4 is 0 Å². The second-order valence-corrected chi connectivity index (χ2v) is 8.15. The third-order valence-corrected chi connectivity index (χ3v) is 5.44. The van der Waals surface area contributed by atoms with E-state index in [4.69, 9.17) is 0 Å². The summed E-state index contributed by atoms with van der Waals surface area (Å²) in [7, 11) is 0. The van der Waals surface area contributed by atoms with Crippen LogP contribution in [0.2, 0.25) is 0 Å². The van der Waals surface area contributed by atoms with E-state index in [9.17, 15) is 0 Å².